The van der Waals surface area contributed by atoms with Crippen LogP contribution in [0.4, 0.5) is 5.95 Å². The lowest BCUT2D eigenvalue weighted by molar-refractivity contribution is 0.967. The third-order valence-electron chi connectivity index (χ3n) is 2.44. The van der Waals surface area contributed by atoms with Crippen molar-refractivity contribution < 1.29 is 0 Å². The number of rotatable bonds is 6. The van der Waals surface area contributed by atoms with Crippen LogP contribution in [0.2, 0.25) is 0 Å². The van der Waals surface area contributed by atoms with Crippen molar-refractivity contribution in [3.05, 3.63) is 30.5 Å². The fraction of sp³-hybridized carbons (Fsp3) is 0.385. The molecule has 2 rings (SSSR count). The molecule has 0 aliphatic heterocycles. The highest BCUT2D eigenvalue weighted by molar-refractivity contribution is 7.99. The predicted molar refractivity (Wildman–Crippen MR) is 75.6 cm³/mol. The number of fused-ring (bicyclic) bond motifs is 1. The van der Waals surface area contributed by atoms with Gasteiger partial charge < -0.3 is 5.32 Å². The standard InChI is InChI=1S/C13H17N3S/c1-2-17-9-5-8-14-13-15-10-11-6-3-4-7-12(11)16-13/h3-4,6-7,10H,2,5,8-9H2,1H3,(H,14,15,16). The van der Waals surface area contributed by atoms with Gasteiger partial charge in [0.1, 0.15) is 0 Å². The fourth-order valence-corrected chi connectivity index (χ4v) is 2.21. The van der Waals surface area contributed by atoms with Crippen molar-refractivity contribution in [2.75, 3.05) is 23.4 Å². The van der Waals surface area contributed by atoms with Crippen LogP contribution in [0.5, 0.6) is 0 Å². The van der Waals surface area contributed by atoms with Crippen molar-refractivity contribution >= 4 is 28.6 Å². The number of hydrogen-bond acceptors (Lipinski definition) is 4. The Morgan fingerprint density at radius 3 is 3.06 bits per heavy atom. The molecule has 0 spiro atoms. The van der Waals surface area contributed by atoms with Crippen LogP contribution < -0.4 is 5.32 Å². The number of nitrogens with one attached hydrogen (secondary N) is 1. The van der Waals surface area contributed by atoms with Crippen LogP contribution in [0.15, 0.2) is 30.5 Å². The van der Waals surface area contributed by atoms with Crippen molar-refractivity contribution in [1.82, 2.24) is 9.97 Å². The van der Waals surface area contributed by atoms with E-state index in [2.05, 4.69) is 22.2 Å². The third-order valence-corrected chi connectivity index (χ3v) is 3.43. The number of para-hydroxylation sites is 1. The Labute approximate surface area is 106 Å². The van der Waals surface area contributed by atoms with Crippen LogP contribution in [-0.2, 0) is 0 Å². The molecule has 0 saturated heterocycles. The maximum Gasteiger partial charge on any atom is 0.223 e. The first kappa shape index (κ1) is 12.2. The van der Waals surface area contributed by atoms with Crippen LogP contribution in [0.3, 0.4) is 0 Å². The number of hydrogen-bond donors (Lipinski definition) is 1. The Balaban J connectivity index is 1.90. The Bertz CT molecular complexity index is 473. The van der Waals surface area contributed by atoms with Gasteiger partial charge in [-0.05, 0) is 24.0 Å². The summed E-state index contributed by atoms with van der Waals surface area (Å²) in [6.07, 6.45) is 3.01. The monoisotopic (exact) mass is 247 g/mol. The molecule has 0 fully saturated rings. The number of thioether (sulfide) groups is 1. The Hall–Kier alpha value is -1.29. The summed E-state index contributed by atoms with van der Waals surface area (Å²) in [7, 11) is 0. The minimum Gasteiger partial charge on any atom is -0.354 e. The van der Waals surface area contributed by atoms with Crippen LogP contribution in [0.25, 0.3) is 10.9 Å². The van der Waals surface area contributed by atoms with E-state index in [1.807, 2.05) is 42.2 Å². The van der Waals surface area contributed by atoms with Gasteiger partial charge in [-0.2, -0.15) is 11.8 Å². The molecule has 0 unspecified atom stereocenters. The predicted octanol–water partition coefficient (Wildman–Crippen LogP) is 3.18. The summed E-state index contributed by atoms with van der Waals surface area (Å²) in [6, 6.07) is 8.03. The molecule has 0 saturated carbocycles. The van der Waals surface area contributed by atoms with Gasteiger partial charge in [0, 0.05) is 18.1 Å². The molecule has 1 aromatic carbocycles. The van der Waals surface area contributed by atoms with E-state index in [1.165, 1.54) is 11.5 Å². The first-order chi connectivity index (χ1) is 8.40. The molecule has 0 bridgehead atoms. The molecule has 4 heteroatoms. The molecule has 0 amide bonds. The van der Waals surface area contributed by atoms with Crippen LogP contribution in [-0.4, -0.2) is 28.0 Å². The normalized spacial score (nSPS) is 10.6. The van der Waals surface area contributed by atoms with Crippen molar-refractivity contribution in [3.63, 3.8) is 0 Å². The van der Waals surface area contributed by atoms with Crippen molar-refractivity contribution in [3.8, 4) is 0 Å². The molecule has 90 valence electrons. The Morgan fingerprint density at radius 1 is 1.29 bits per heavy atom. The first-order valence-electron chi connectivity index (χ1n) is 5.93. The van der Waals surface area contributed by atoms with E-state index in [1.54, 1.807) is 0 Å². The van der Waals surface area contributed by atoms with Gasteiger partial charge in [-0.3, -0.25) is 0 Å². The van der Waals surface area contributed by atoms with Gasteiger partial charge in [-0.15, -0.1) is 0 Å². The Morgan fingerprint density at radius 2 is 2.18 bits per heavy atom. The minimum absolute atomic E-state index is 0.727. The molecular weight excluding hydrogens is 230 g/mol. The zero-order valence-electron chi connectivity index (χ0n) is 10.0. The number of nitrogens with zero attached hydrogens (tertiary/aromatic N) is 2. The second-order valence-corrected chi connectivity index (χ2v) is 5.12. The van der Waals surface area contributed by atoms with E-state index in [-0.39, 0.29) is 0 Å². The summed E-state index contributed by atoms with van der Waals surface area (Å²) in [4.78, 5) is 8.76. The average molecular weight is 247 g/mol. The molecule has 1 aromatic heterocycles. The largest absolute Gasteiger partial charge is 0.354 e. The highest BCUT2D eigenvalue weighted by atomic mass is 32.2. The SMILES string of the molecule is CCSCCCNc1ncc2ccccc2n1. The summed E-state index contributed by atoms with van der Waals surface area (Å²) in [5.41, 5.74) is 0.993. The summed E-state index contributed by atoms with van der Waals surface area (Å²) in [5, 5.41) is 4.34. The smallest absolute Gasteiger partial charge is 0.223 e. The molecule has 3 nitrogen and oxygen atoms in total. The summed E-state index contributed by atoms with van der Waals surface area (Å²) >= 11 is 1.96. The van der Waals surface area contributed by atoms with Crippen LogP contribution >= 0.6 is 11.8 Å². The van der Waals surface area contributed by atoms with E-state index < -0.39 is 0 Å². The molecule has 0 atom stereocenters. The van der Waals surface area contributed by atoms with E-state index in [0.29, 0.717) is 0 Å². The molecule has 0 aliphatic carbocycles. The summed E-state index contributed by atoms with van der Waals surface area (Å²) in [5.74, 6) is 3.11. The van der Waals surface area contributed by atoms with Gasteiger partial charge >= 0.3 is 0 Å². The van der Waals surface area contributed by atoms with E-state index in [4.69, 9.17) is 0 Å². The maximum atomic E-state index is 4.46. The van der Waals surface area contributed by atoms with Crippen LogP contribution in [0.1, 0.15) is 13.3 Å². The van der Waals surface area contributed by atoms with Crippen molar-refractivity contribution in [2.45, 2.75) is 13.3 Å². The second kappa shape index (κ2) is 6.45. The molecule has 1 heterocycles. The summed E-state index contributed by atoms with van der Waals surface area (Å²) < 4.78 is 0. The molecule has 2 aromatic rings. The third kappa shape index (κ3) is 3.60. The lowest BCUT2D eigenvalue weighted by Gasteiger charge is -2.05. The first-order valence-corrected chi connectivity index (χ1v) is 7.09. The van der Waals surface area contributed by atoms with Gasteiger partial charge in [0.25, 0.3) is 0 Å². The number of aromatic nitrogens is 2. The molecule has 1 N–H and O–H groups in total. The summed E-state index contributed by atoms with van der Waals surface area (Å²) in [6.45, 7) is 3.12. The molecule has 17 heavy (non-hydrogen) atoms. The van der Waals surface area contributed by atoms with Gasteiger partial charge in [0.05, 0.1) is 5.52 Å². The lowest BCUT2D eigenvalue weighted by Crippen LogP contribution is -2.06. The van der Waals surface area contributed by atoms with Crippen molar-refractivity contribution in [1.29, 1.82) is 0 Å². The van der Waals surface area contributed by atoms with E-state index in [0.717, 1.165) is 29.8 Å². The quantitative estimate of drug-likeness (QED) is 0.796. The van der Waals surface area contributed by atoms with Gasteiger partial charge in [-0.25, -0.2) is 9.97 Å². The number of anilines is 1. The zero-order chi connectivity index (χ0) is 11.9. The number of benzene rings is 1. The molecule has 0 radical (unpaired) electrons. The van der Waals surface area contributed by atoms with E-state index in [9.17, 15) is 0 Å². The van der Waals surface area contributed by atoms with Gasteiger partial charge in [0.2, 0.25) is 5.95 Å². The zero-order valence-corrected chi connectivity index (χ0v) is 10.8. The van der Waals surface area contributed by atoms with Crippen LogP contribution in [0, 0.1) is 0 Å². The fourth-order valence-electron chi connectivity index (χ4n) is 1.58. The van der Waals surface area contributed by atoms with Crippen molar-refractivity contribution in [2.24, 2.45) is 0 Å². The van der Waals surface area contributed by atoms with E-state index >= 15 is 0 Å². The topological polar surface area (TPSA) is 37.8 Å². The lowest BCUT2D eigenvalue weighted by atomic mass is 10.2. The average Bonchev–Trinajstić information content (AvgIpc) is 2.38. The second-order valence-electron chi connectivity index (χ2n) is 3.73. The highest BCUT2D eigenvalue weighted by Crippen LogP contribution is 2.11. The highest BCUT2D eigenvalue weighted by Gasteiger charge is 1.98. The Kier molecular flexibility index (Phi) is 4.62. The van der Waals surface area contributed by atoms with Gasteiger partial charge in [-0.1, -0.05) is 25.1 Å². The maximum absolute atomic E-state index is 4.46. The minimum atomic E-state index is 0.727. The molecule has 0 aliphatic rings. The molecular formula is C13H17N3S. The van der Waals surface area contributed by atoms with Gasteiger partial charge in [0.15, 0.2) is 0 Å².